The largest absolute Gasteiger partial charge is 0.379 e. The fraction of sp³-hybridized carbons (Fsp3) is 0.0769. The summed E-state index contributed by atoms with van der Waals surface area (Å²) in [6.45, 7) is 1.72. The van der Waals surface area contributed by atoms with Crippen LogP contribution in [0.2, 0.25) is 0 Å². The van der Waals surface area contributed by atoms with E-state index in [0.717, 1.165) is 24.3 Å². The molecule has 0 aliphatic carbocycles. The van der Waals surface area contributed by atoms with E-state index in [1.54, 1.807) is 25.1 Å². The van der Waals surface area contributed by atoms with E-state index < -0.39 is 15.0 Å². The Kier molecular flexibility index (Phi) is 3.71. The van der Waals surface area contributed by atoms with Crippen molar-refractivity contribution in [3.63, 3.8) is 0 Å². The second kappa shape index (κ2) is 5.30. The quantitative estimate of drug-likeness (QED) is 0.491. The molecule has 6 nitrogen and oxygen atoms in total. The van der Waals surface area contributed by atoms with Crippen LogP contribution in [0.3, 0.4) is 0 Å². The molecule has 20 heavy (non-hydrogen) atoms. The van der Waals surface area contributed by atoms with E-state index in [0.29, 0.717) is 5.56 Å². The first-order chi connectivity index (χ1) is 9.40. The number of nitrogens with zero attached hydrogens (tertiary/aromatic N) is 1. The van der Waals surface area contributed by atoms with Gasteiger partial charge in [-0.3, -0.25) is 10.1 Å². The standard InChI is InChI=1S/C13H11NO5S/c1-10-4-2-3-5-13(10)19-20(17,18)12-8-6-11(7-9-12)14(15)16/h2-9H,1H3. The molecule has 0 saturated carbocycles. The van der Waals surface area contributed by atoms with Crippen LogP contribution < -0.4 is 4.18 Å². The summed E-state index contributed by atoms with van der Waals surface area (Å²) in [6, 6.07) is 11.2. The Balaban J connectivity index is 2.31. The highest BCUT2D eigenvalue weighted by Gasteiger charge is 2.18. The second-order valence-electron chi connectivity index (χ2n) is 4.05. The molecule has 0 fully saturated rings. The average molecular weight is 293 g/mol. The molecule has 0 unspecified atom stereocenters. The van der Waals surface area contributed by atoms with Gasteiger partial charge in [0.15, 0.2) is 0 Å². The molecule has 0 radical (unpaired) electrons. The predicted octanol–water partition coefficient (Wildman–Crippen LogP) is 2.67. The third-order valence-electron chi connectivity index (χ3n) is 2.63. The van der Waals surface area contributed by atoms with Gasteiger partial charge in [0.25, 0.3) is 5.69 Å². The van der Waals surface area contributed by atoms with Gasteiger partial charge in [0.2, 0.25) is 0 Å². The molecule has 2 aromatic carbocycles. The van der Waals surface area contributed by atoms with E-state index in [9.17, 15) is 18.5 Å². The monoisotopic (exact) mass is 293 g/mol. The molecule has 0 aliphatic heterocycles. The summed E-state index contributed by atoms with van der Waals surface area (Å²) in [6.07, 6.45) is 0. The van der Waals surface area contributed by atoms with Crippen LogP contribution in [0.25, 0.3) is 0 Å². The SMILES string of the molecule is Cc1ccccc1OS(=O)(=O)c1ccc([N+](=O)[O-])cc1. The summed E-state index contributed by atoms with van der Waals surface area (Å²) >= 11 is 0. The lowest BCUT2D eigenvalue weighted by molar-refractivity contribution is -0.384. The van der Waals surface area contributed by atoms with Gasteiger partial charge < -0.3 is 4.18 Å². The second-order valence-corrected chi connectivity index (χ2v) is 5.60. The molecule has 0 aliphatic rings. The van der Waals surface area contributed by atoms with Gasteiger partial charge in [0.05, 0.1) is 4.92 Å². The molecule has 0 saturated heterocycles. The molecule has 104 valence electrons. The maximum atomic E-state index is 12.0. The number of non-ortho nitro benzene ring substituents is 1. The van der Waals surface area contributed by atoms with E-state index in [1.807, 2.05) is 0 Å². The average Bonchev–Trinajstić information content (AvgIpc) is 2.41. The van der Waals surface area contributed by atoms with Crippen LogP contribution in [0.5, 0.6) is 5.75 Å². The Bertz CT molecular complexity index is 738. The van der Waals surface area contributed by atoms with Crippen molar-refractivity contribution < 1.29 is 17.5 Å². The number of hydrogen-bond acceptors (Lipinski definition) is 5. The van der Waals surface area contributed by atoms with Crippen molar-refractivity contribution in [3.8, 4) is 5.75 Å². The number of nitro groups is 1. The van der Waals surface area contributed by atoms with Crippen molar-refractivity contribution in [2.75, 3.05) is 0 Å². The molecule has 0 N–H and O–H groups in total. The number of benzene rings is 2. The summed E-state index contributed by atoms with van der Waals surface area (Å²) in [4.78, 5) is 9.79. The summed E-state index contributed by atoms with van der Waals surface area (Å²) in [5.41, 5.74) is 0.498. The maximum absolute atomic E-state index is 12.0. The summed E-state index contributed by atoms with van der Waals surface area (Å²) < 4.78 is 29.1. The van der Waals surface area contributed by atoms with Crippen molar-refractivity contribution in [1.82, 2.24) is 0 Å². The van der Waals surface area contributed by atoms with E-state index in [2.05, 4.69) is 0 Å². The minimum absolute atomic E-state index is 0.133. The molecule has 2 rings (SSSR count). The number of aryl methyl sites for hydroxylation is 1. The molecule has 0 amide bonds. The fourth-order valence-corrected chi connectivity index (χ4v) is 2.54. The lowest BCUT2D eigenvalue weighted by Gasteiger charge is -2.08. The minimum atomic E-state index is -4.00. The van der Waals surface area contributed by atoms with Gasteiger partial charge >= 0.3 is 10.1 Å². The molecule has 0 bridgehead atoms. The van der Waals surface area contributed by atoms with Crippen molar-refractivity contribution in [1.29, 1.82) is 0 Å². The molecule has 0 spiro atoms. The van der Waals surface area contributed by atoms with Crippen LogP contribution in [0, 0.1) is 17.0 Å². The minimum Gasteiger partial charge on any atom is -0.379 e. The number of para-hydroxylation sites is 1. The lowest BCUT2D eigenvalue weighted by atomic mass is 10.2. The van der Waals surface area contributed by atoms with E-state index >= 15 is 0 Å². The van der Waals surface area contributed by atoms with Crippen molar-refractivity contribution in [2.24, 2.45) is 0 Å². The zero-order valence-corrected chi connectivity index (χ0v) is 11.3. The number of rotatable bonds is 4. The summed E-state index contributed by atoms with van der Waals surface area (Å²) in [5, 5.41) is 10.5. The molecular formula is C13H11NO5S. The number of nitro benzene ring substituents is 1. The molecule has 0 heterocycles. The van der Waals surface area contributed by atoms with Crippen LogP contribution >= 0.6 is 0 Å². The zero-order valence-electron chi connectivity index (χ0n) is 10.5. The lowest BCUT2D eigenvalue weighted by Crippen LogP contribution is -2.10. The predicted molar refractivity (Wildman–Crippen MR) is 72.1 cm³/mol. The van der Waals surface area contributed by atoms with Gasteiger partial charge in [-0.15, -0.1) is 0 Å². The Morgan fingerprint density at radius 2 is 1.65 bits per heavy atom. The first-order valence-corrected chi connectivity index (χ1v) is 7.05. The van der Waals surface area contributed by atoms with Gasteiger partial charge in [-0.05, 0) is 30.7 Å². The highest BCUT2D eigenvalue weighted by atomic mass is 32.2. The smallest absolute Gasteiger partial charge is 0.339 e. The summed E-state index contributed by atoms with van der Waals surface area (Å²) in [5.74, 6) is 0.228. The van der Waals surface area contributed by atoms with E-state index in [-0.39, 0.29) is 16.3 Å². The highest BCUT2D eigenvalue weighted by molar-refractivity contribution is 7.87. The van der Waals surface area contributed by atoms with Gasteiger partial charge in [-0.1, -0.05) is 18.2 Å². The van der Waals surface area contributed by atoms with Crippen molar-refractivity contribution in [3.05, 3.63) is 64.2 Å². The fourth-order valence-electron chi connectivity index (χ4n) is 1.55. The van der Waals surface area contributed by atoms with Crippen molar-refractivity contribution in [2.45, 2.75) is 11.8 Å². The topological polar surface area (TPSA) is 86.5 Å². The summed E-state index contributed by atoms with van der Waals surface area (Å²) in [7, 11) is -4.00. The van der Waals surface area contributed by atoms with Crippen LogP contribution in [0.15, 0.2) is 53.4 Å². The van der Waals surface area contributed by atoms with E-state index in [1.165, 1.54) is 6.07 Å². The molecule has 0 atom stereocenters. The van der Waals surface area contributed by atoms with E-state index in [4.69, 9.17) is 4.18 Å². The Hall–Kier alpha value is -2.41. The Morgan fingerprint density at radius 1 is 1.05 bits per heavy atom. The van der Waals surface area contributed by atoms with Gasteiger partial charge in [-0.25, -0.2) is 0 Å². The van der Waals surface area contributed by atoms with Crippen LogP contribution in [-0.4, -0.2) is 13.3 Å². The Labute approximate surface area is 115 Å². The third-order valence-corrected chi connectivity index (χ3v) is 3.88. The van der Waals surface area contributed by atoms with Gasteiger partial charge in [0, 0.05) is 12.1 Å². The molecule has 0 aromatic heterocycles. The van der Waals surface area contributed by atoms with Crippen molar-refractivity contribution >= 4 is 15.8 Å². The maximum Gasteiger partial charge on any atom is 0.339 e. The van der Waals surface area contributed by atoms with Gasteiger partial charge in [0.1, 0.15) is 10.6 Å². The van der Waals surface area contributed by atoms with Gasteiger partial charge in [-0.2, -0.15) is 8.42 Å². The Morgan fingerprint density at radius 3 is 2.20 bits per heavy atom. The highest BCUT2D eigenvalue weighted by Crippen LogP contribution is 2.23. The first kappa shape index (κ1) is 14.0. The van der Waals surface area contributed by atoms with Crippen LogP contribution in [0.4, 0.5) is 5.69 Å². The zero-order chi connectivity index (χ0) is 14.8. The third kappa shape index (κ3) is 2.94. The molecule has 2 aromatic rings. The van der Waals surface area contributed by atoms with Crippen LogP contribution in [0.1, 0.15) is 5.56 Å². The normalized spacial score (nSPS) is 11.1. The molecule has 7 heteroatoms. The molecular weight excluding hydrogens is 282 g/mol. The van der Waals surface area contributed by atoms with Crippen LogP contribution in [-0.2, 0) is 10.1 Å². The first-order valence-electron chi connectivity index (χ1n) is 5.65. The number of hydrogen-bond donors (Lipinski definition) is 0.